The van der Waals surface area contributed by atoms with Crippen molar-refractivity contribution in [3.05, 3.63) is 107 Å². The van der Waals surface area contributed by atoms with Crippen molar-refractivity contribution in [3.63, 3.8) is 0 Å². The van der Waals surface area contributed by atoms with Crippen LogP contribution in [-0.2, 0) is 4.79 Å². The highest BCUT2D eigenvalue weighted by Crippen LogP contribution is 2.42. The van der Waals surface area contributed by atoms with Crippen molar-refractivity contribution < 1.29 is 4.79 Å². The summed E-state index contributed by atoms with van der Waals surface area (Å²) in [6.45, 7) is 2.05. The largest absolute Gasteiger partial charge is 0.399 e. The third kappa shape index (κ3) is 2.68. The average Bonchev–Trinajstić information content (AvgIpc) is 2.94. The number of carbonyl (C=O) groups is 1. The highest BCUT2D eigenvalue weighted by molar-refractivity contribution is 6.30. The molecule has 0 saturated carbocycles. The monoisotopic (exact) mass is 340 g/mol. The first-order chi connectivity index (χ1) is 12.7. The highest BCUT2D eigenvalue weighted by Gasteiger charge is 2.40. The summed E-state index contributed by atoms with van der Waals surface area (Å²) >= 11 is 0. The normalized spacial score (nSPS) is 17.0. The Morgan fingerprint density at radius 1 is 0.808 bits per heavy atom. The van der Waals surface area contributed by atoms with Gasteiger partial charge in [-0.2, -0.15) is 0 Å². The van der Waals surface area contributed by atoms with Crippen LogP contribution in [0.25, 0.3) is 5.57 Å². The molecular weight excluding hydrogens is 320 g/mol. The third-order valence-electron chi connectivity index (χ3n) is 4.76. The number of rotatable bonds is 3. The molecule has 3 nitrogen and oxygen atoms in total. The lowest BCUT2D eigenvalue weighted by Gasteiger charge is -2.26. The number of aryl methyl sites for hydroxylation is 1. The maximum Gasteiger partial charge on any atom is 0.261 e. The van der Waals surface area contributed by atoms with E-state index in [0.29, 0.717) is 11.3 Å². The molecule has 0 aromatic heterocycles. The van der Waals surface area contributed by atoms with E-state index in [4.69, 9.17) is 5.73 Å². The van der Waals surface area contributed by atoms with Crippen molar-refractivity contribution in [3.8, 4) is 0 Å². The molecule has 1 aliphatic rings. The van der Waals surface area contributed by atoms with Crippen LogP contribution in [0.15, 0.2) is 90.6 Å². The Hall–Kier alpha value is -3.33. The zero-order valence-electron chi connectivity index (χ0n) is 14.6. The first-order valence-electron chi connectivity index (χ1n) is 8.67. The summed E-state index contributed by atoms with van der Waals surface area (Å²) in [6.07, 6.45) is 0. The van der Waals surface area contributed by atoms with E-state index in [0.717, 1.165) is 16.8 Å². The number of para-hydroxylation sites is 1. The molecule has 3 aromatic carbocycles. The predicted octanol–water partition coefficient (Wildman–Crippen LogP) is 4.45. The summed E-state index contributed by atoms with van der Waals surface area (Å²) in [7, 11) is 0. The van der Waals surface area contributed by atoms with Crippen molar-refractivity contribution in [2.45, 2.75) is 13.0 Å². The molecule has 1 heterocycles. The lowest BCUT2D eigenvalue weighted by atomic mass is 9.99. The van der Waals surface area contributed by atoms with Gasteiger partial charge in [0.2, 0.25) is 0 Å². The second-order valence-corrected chi connectivity index (χ2v) is 6.52. The molecule has 2 N–H and O–H groups in total. The van der Waals surface area contributed by atoms with E-state index in [1.165, 1.54) is 5.56 Å². The van der Waals surface area contributed by atoms with Gasteiger partial charge in [-0.1, -0.05) is 78.4 Å². The minimum Gasteiger partial charge on any atom is -0.399 e. The molecule has 1 unspecified atom stereocenters. The molecule has 1 amide bonds. The molecule has 0 fully saturated rings. The van der Waals surface area contributed by atoms with Crippen molar-refractivity contribution in [2.24, 2.45) is 5.73 Å². The van der Waals surface area contributed by atoms with Crippen LogP contribution in [0.4, 0.5) is 5.69 Å². The van der Waals surface area contributed by atoms with E-state index < -0.39 is 0 Å². The molecule has 3 heteroatoms. The Labute approximate surface area is 153 Å². The molecule has 26 heavy (non-hydrogen) atoms. The molecule has 0 aliphatic carbocycles. The molecule has 0 radical (unpaired) electrons. The summed E-state index contributed by atoms with van der Waals surface area (Å²) in [5.74, 6) is -0.0644. The van der Waals surface area contributed by atoms with Gasteiger partial charge in [-0.3, -0.25) is 9.69 Å². The van der Waals surface area contributed by atoms with E-state index in [1.807, 2.05) is 79.7 Å². The topological polar surface area (TPSA) is 46.3 Å². The number of hydrogen-bond acceptors (Lipinski definition) is 2. The van der Waals surface area contributed by atoms with E-state index in [-0.39, 0.29) is 11.9 Å². The maximum absolute atomic E-state index is 13.4. The fourth-order valence-electron chi connectivity index (χ4n) is 3.46. The van der Waals surface area contributed by atoms with Crippen molar-refractivity contribution in [1.82, 2.24) is 0 Å². The predicted molar refractivity (Wildman–Crippen MR) is 105 cm³/mol. The van der Waals surface area contributed by atoms with Crippen molar-refractivity contribution >= 4 is 17.2 Å². The van der Waals surface area contributed by atoms with Crippen LogP contribution in [0.1, 0.15) is 22.7 Å². The molecule has 1 aliphatic heterocycles. The number of nitrogens with zero attached hydrogens (tertiary/aromatic N) is 1. The SMILES string of the molecule is Cc1ccc(C2C(N)=C(c3ccccc3)C(=O)N2c2ccccc2)cc1. The summed E-state index contributed by atoms with van der Waals surface area (Å²) in [6, 6.07) is 27.2. The Morgan fingerprint density at radius 2 is 1.38 bits per heavy atom. The van der Waals surface area contributed by atoms with Crippen LogP contribution in [0, 0.1) is 6.92 Å². The fraction of sp³-hybridized carbons (Fsp3) is 0.0870. The first-order valence-corrected chi connectivity index (χ1v) is 8.67. The van der Waals surface area contributed by atoms with Gasteiger partial charge in [-0.15, -0.1) is 0 Å². The second-order valence-electron chi connectivity index (χ2n) is 6.52. The number of hydrogen-bond donors (Lipinski definition) is 1. The number of amides is 1. The lowest BCUT2D eigenvalue weighted by molar-refractivity contribution is -0.113. The van der Waals surface area contributed by atoms with Crippen LogP contribution in [0.5, 0.6) is 0 Å². The molecule has 0 bridgehead atoms. The van der Waals surface area contributed by atoms with Crippen molar-refractivity contribution in [2.75, 3.05) is 4.90 Å². The molecule has 1 atom stereocenters. The minimum atomic E-state index is -0.305. The first kappa shape index (κ1) is 16.2. The Morgan fingerprint density at radius 3 is 2.00 bits per heavy atom. The number of nitrogens with two attached hydrogens (primary N) is 1. The van der Waals surface area contributed by atoms with E-state index in [2.05, 4.69) is 12.1 Å². The van der Waals surface area contributed by atoms with Gasteiger partial charge in [-0.05, 0) is 30.2 Å². The molecule has 0 saturated heterocycles. The lowest BCUT2D eigenvalue weighted by Crippen LogP contribution is -2.30. The molecule has 0 spiro atoms. The van der Waals surface area contributed by atoms with Gasteiger partial charge in [0, 0.05) is 11.4 Å². The maximum atomic E-state index is 13.4. The van der Waals surface area contributed by atoms with Gasteiger partial charge in [0.15, 0.2) is 0 Å². The standard InChI is InChI=1S/C23H20N2O/c1-16-12-14-18(15-13-16)22-21(24)20(17-8-4-2-5-9-17)23(26)25(22)19-10-6-3-7-11-19/h2-15,22H,24H2,1H3. The molecular formula is C23H20N2O. The Bertz CT molecular complexity index is 960. The number of benzene rings is 3. The average molecular weight is 340 g/mol. The van der Waals surface area contributed by atoms with Crippen molar-refractivity contribution in [1.29, 1.82) is 0 Å². The van der Waals surface area contributed by atoms with Crippen LogP contribution in [-0.4, -0.2) is 5.91 Å². The zero-order valence-corrected chi connectivity index (χ0v) is 14.6. The van der Waals surface area contributed by atoms with Gasteiger partial charge in [0.05, 0.1) is 5.57 Å². The van der Waals surface area contributed by atoms with Gasteiger partial charge in [-0.25, -0.2) is 0 Å². The van der Waals surface area contributed by atoms with Gasteiger partial charge in [0.25, 0.3) is 5.91 Å². The van der Waals surface area contributed by atoms with Crippen LogP contribution in [0.3, 0.4) is 0 Å². The molecule has 4 rings (SSSR count). The van der Waals surface area contributed by atoms with Gasteiger partial charge < -0.3 is 5.73 Å². The number of carbonyl (C=O) groups excluding carboxylic acids is 1. The Balaban J connectivity index is 1.89. The summed E-state index contributed by atoms with van der Waals surface area (Å²) in [4.78, 5) is 15.1. The van der Waals surface area contributed by atoms with E-state index in [1.54, 1.807) is 4.90 Å². The Kier molecular flexibility index (Phi) is 4.05. The van der Waals surface area contributed by atoms with E-state index >= 15 is 0 Å². The molecule has 128 valence electrons. The second kappa shape index (κ2) is 6.52. The fourth-order valence-corrected chi connectivity index (χ4v) is 3.46. The van der Waals surface area contributed by atoms with Crippen LogP contribution >= 0.6 is 0 Å². The molecule has 3 aromatic rings. The quantitative estimate of drug-likeness (QED) is 0.765. The highest BCUT2D eigenvalue weighted by atomic mass is 16.2. The van der Waals surface area contributed by atoms with Crippen LogP contribution in [0.2, 0.25) is 0 Å². The number of anilines is 1. The van der Waals surface area contributed by atoms with Gasteiger partial charge in [0.1, 0.15) is 6.04 Å². The van der Waals surface area contributed by atoms with Gasteiger partial charge >= 0.3 is 0 Å². The third-order valence-corrected chi connectivity index (χ3v) is 4.76. The summed E-state index contributed by atoms with van der Waals surface area (Å²) in [5.41, 5.74) is 11.6. The summed E-state index contributed by atoms with van der Waals surface area (Å²) < 4.78 is 0. The summed E-state index contributed by atoms with van der Waals surface area (Å²) in [5, 5.41) is 0. The smallest absolute Gasteiger partial charge is 0.261 e. The minimum absolute atomic E-state index is 0.0644. The van der Waals surface area contributed by atoms with Crippen LogP contribution < -0.4 is 10.6 Å². The van der Waals surface area contributed by atoms with E-state index in [9.17, 15) is 4.79 Å². The zero-order chi connectivity index (χ0) is 18.1.